The summed E-state index contributed by atoms with van der Waals surface area (Å²) >= 11 is 0. The van der Waals surface area contributed by atoms with Gasteiger partial charge in [-0.05, 0) is 31.2 Å². The van der Waals surface area contributed by atoms with Gasteiger partial charge in [0, 0.05) is 6.20 Å². The standard InChI is InChI=1S/C15H13FN2O3/c1-9-2-3-13(16)12(6-9)14(19)18-8-11-7-10(15(20)21)4-5-17-11/h2-7H,8H2,1H3,(H,18,19)(H,20,21). The lowest BCUT2D eigenvalue weighted by Gasteiger charge is -2.07. The van der Waals surface area contributed by atoms with E-state index < -0.39 is 17.7 Å². The van der Waals surface area contributed by atoms with Crippen LogP contribution in [0.3, 0.4) is 0 Å². The van der Waals surface area contributed by atoms with E-state index in [1.807, 2.05) is 0 Å². The third kappa shape index (κ3) is 3.62. The molecule has 2 rings (SSSR count). The van der Waals surface area contributed by atoms with Crippen LogP contribution in [0.4, 0.5) is 4.39 Å². The Bertz CT molecular complexity index is 701. The molecule has 1 aromatic heterocycles. The molecule has 1 heterocycles. The van der Waals surface area contributed by atoms with E-state index in [0.29, 0.717) is 5.69 Å². The average Bonchev–Trinajstić information content (AvgIpc) is 2.47. The van der Waals surface area contributed by atoms with Gasteiger partial charge in [-0.2, -0.15) is 0 Å². The lowest BCUT2D eigenvalue weighted by molar-refractivity contribution is 0.0696. The van der Waals surface area contributed by atoms with Crippen LogP contribution in [0.25, 0.3) is 0 Å². The Balaban J connectivity index is 2.09. The van der Waals surface area contributed by atoms with Gasteiger partial charge in [-0.1, -0.05) is 11.6 Å². The fourth-order valence-electron chi connectivity index (χ4n) is 1.79. The zero-order valence-corrected chi connectivity index (χ0v) is 11.3. The molecule has 0 radical (unpaired) electrons. The van der Waals surface area contributed by atoms with Crippen molar-refractivity contribution < 1.29 is 19.1 Å². The summed E-state index contributed by atoms with van der Waals surface area (Å²) in [6.45, 7) is 1.78. The van der Waals surface area contributed by atoms with E-state index in [4.69, 9.17) is 5.11 Å². The second-order valence-electron chi connectivity index (χ2n) is 4.51. The van der Waals surface area contributed by atoms with Gasteiger partial charge in [-0.25, -0.2) is 9.18 Å². The molecular weight excluding hydrogens is 275 g/mol. The minimum Gasteiger partial charge on any atom is -0.478 e. The Morgan fingerprint density at radius 2 is 2.05 bits per heavy atom. The Morgan fingerprint density at radius 1 is 1.29 bits per heavy atom. The largest absolute Gasteiger partial charge is 0.478 e. The van der Waals surface area contributed by atoms with Gasteiger partial charge < -0.3 is 10.4 Å². The van der Waals surface area contributed by atoms with Crippen LogP contribution in [0.15, 0.2) is 36.5 Å². The topological polar surface area (TPSA) is 79.3 Å². The lowest BCUT2D eigenvalue weighted by atomic mass is 10.1. The van der Waals surface area contributed by atoms with Gasteiger partial charge in [0.05, 0.1) is 23.4 Å². The first-order valence-corrected chi connectivity index (χ1v) is 6.20. The summed E-state index contributed by atoms with van der Waals surface area (Å²) in [5.41, 5.74) is 1.18. The summed E-state index contributed by atoms with van der Waals surface area (Å²) in [5, 5.41) is 11.4. The number of aromatic carboxylic acids is 1. The molecular formula is C15H13FN2O3. The zero-order chi connectivity index (χ0) is 15.4. The van der Waals surface area contributed by atoms with Crippen molar-refractivity contribution in [1.29, 1.82) is 0 Å². The van der Waals surface area contributed by atoms with Crippen molar-refractivity contribution in [2.45, 2.75) is 13.5 Å². The number of carboxylic acid groups (broad SMARTS) is 1. The van der Waals surface area contributed by atoms with Gasteiger partial charge in [-0.15, -0.1) is 0 Å². The van der Waals surface area contributed by atoms with Crippen LogP contribution in [0.1, 0.15) is 32.0 Å². The number of benzene rings is 1. The number of hydrogen-bond donors (Lipinski definition) is 2. The van der Waals surface area contributed by atoms with E-state index in [9.17, 15) is 14.0 Å². The number of carbonyl (C=O) groups excluding carboxylic acids is 1. The molecule has 0 saturated carbocycles. The molecule has 5 nitrogen and oxygen atoms in total. The Labute approximate surface area is 120 Å². The first-order valence-electron chi connectivity index (χ1n) is 6.20. The zero-order valence-electron chi connectivity index (χ0n) is 11.3. The third-order valence-electron chi connectivity index (χ3n) is 2.86. The molecule has 2 N–H and O–H groups in total. The highest BCUT2D eigenvalue weighted by atomic mass is 19.1. The minimum absolute atomic E-state index is 0.0212. The van der Waals surface area contributed by atoms with Gasteiger partial charge in [0.1, 0.15) is 5.82 Å². The van der Waals surface area contributed by atoms with Crippen molar-refractivity contribution in [2.75, 3.05) is 0 Å². The predicted molar refractivity (Wildman–Crippen MR) is 73.5 cm³/mol. The van der Waals surface area contributed by atoms with E-state index >= 15 is 0 Å². The van der Waals surface area contributed by atoms with Gasteiger partial charge in [0.25, 0.3) is 5.91 Å². The first-order chi connectivity index (χ1) is 9.97. The Kier molecular flexibility index (Phi) is 4.27. The minimum atomic E-state index is -1.07. The predicted octanol–water partition coefficient (Wildman–Crippen LogP) is 2.16. The number of aryl methyl sites for hydroxylation is 1. The SMILES string of the molecule is Cc1ccc(F)c(C(=O)NCc2cc(C(=O)O)ccn2)c1. The fourth-order valence-corrected chi connectivity index (χ4v) is 1.79. The highest BCUT2D eigenvalue weighted by Crippen LogP contribution is 2.10. The van der Waals surface area contributed by atoms with Gasteiger partial charge in [0.15, 0.2) is 0 Å². The van der Waals surface area contributed by atoms with Gasteiger partial charge in [-0.3, -0.25) is 9.78 Å². The van der Waals surface area contributed by atoms with Crippen molar-refractivity contribution >= 4 is 11.9 Å². The number of amides is 1. The molecule has 0 atom stereocenters. The maximum atomic E-state index is 13.6. The van der Waals surface area contributed by atoms with Crippen molar-refractivity contribution in [1.82, 2.24) is 10.3 Å². The molecule has 0 fully saturated rings. The molecule has 1 aromatic carbocycles. The number of carbonyl (C=O) groups is 2. The van der Waals surface area contributed by atoms with Crippen LogP contribution in [-0.4, -0.2) is 22.0 Å². The fraction of sp³-hybridized carbons (Fsp3) is 0.133. The summed E-state index contributed by atoms with van der Waals surface area (Å²) < 4.78 is 13.6. The molecule has 0 aliphatic rings. The molecule has 0 unspecified atom stereocenters. The van der Waals surface area contributed by atoms with Crippen molar-refractivity contribution in [3.8, 4) is 0 Å². The van der Waals surface area contributed by atoms with Crippen LogP contribution >= 0.6 is 0 Å². The normalized spacial score (nSPS) is 10.2. The maximum absolute atomic E-state index is 13.6. The highest BCUT2D eigenvalue weighted by Gasteiger charge is 2.12. The molecule has 108 valence electrons. The van der Waals surface area contributed by atoms with Crippen LogP contribution < -0.4 is 5.32 Å². The number of pyridine rings is 1. The molecule has 21 heavy (non-hydrogen) atoms. The summed E-state index contributed by atoms with van der Waals surface area (Å²) in [6.07, 6.45) is 1.35. The van der Waals surface area contributed by atoms with Crippen molar-refractivity contribution in [3.05, 3.63) is 64.7 Å². The first kappa shape index (κ1) is 14.6. The molecule has 2 aromatic rings. The number of rotatable bonds is 4. The highest BCUT2D eigenvalue weighted by molar-refractivity contribution is 5.94. The summed E-state index contributed by atoms with van der Waals surface area (Å²) in [7, 11) is 0. The number of hydrogen-bond acceptors (Lipinski definition) is 3. The van der Waals surface area contributed by atoms with Gasteiger partial charge in [0.2, 0.25) is 0 Å². The van der Waals surface area contributed by atoms with E-state index in [2.05, 4.69) is 10.3 Å². The van der Waals surface area contributed by atoms with Crippen LogP contribution in [0.5, 0.6) is 0 Å². The Hall–Kier alpha value is -2.76. The number of aromatic nitrogens is 1. The van der Waals surface area contributed by atoms with E-state index in [-0.39, 0.29) is 17.7 Å². The van der Waals surface area contributed by atoms with E-state index in [1.165, 1.54) is 30.5 Å². The maximum Gasteiger partial charge on any atom is 0.335 e. The van der Waals surface area contributed by atoms with E-state index in [1.54, 1.807) is 13.0 Å². The second kappa shape index (κ2) is 6.13. The van der Waals surface area contributed by atoms with E-state index in [0.717, 1.165) is 5.56 Å². The molecule has 0 bridgehead atoms. The van der Waals surface area contributed by atoms with Crippen molar-refractivity contribution in [2.24, 2.45) is 0 Å². The number of nitrogens with one attached hydrogen (secondary N) is 1. The number of nitrogens with zero attached hydrogens (tertiary/aromatic N) is 1. The molecule has 0 aliphatic carbocycles. The smallest absolute Gasteiger partial charge is 0.335 e. The summed E-state index contributed by atoms with van der Waals surface area (Å²) in [4.78, 5) is 26.7. The lowest BCUT2D eigenvalue weighted by Crippen LogP contribution is -2.24. The number of carboxylic acids is 1. The quantitative estimate of drug-likeness (QED) is 0.903. The molecule has 0 saturated heterocycles. The van der Waals surface area contributed by atoms with Crippen LogP contribution in [0, 0.1) is 12.7 Å². The van der Waals surface area contributed by atoms with Crippen LogP contribution in [-0.2, 0) is 6.54 Å². The molecule has 6 heteroatoms. The second-order valence-corrected chi connectivity index (χ2v) is 4.51. The average molecular weight is 288 g/mol. The van der Waals surface area contributed by atoms with Gasteiger partial charge >= 0.3 is 5.97 Å². The molecule has 0 aliphatic heterocycles. The molecule has 0 spiro atoms. The summed E-state index contributed by atoms with van der Waals surface area (Å²) in [6, 6.07) is 6.96. The summed E-state index contributed by atoms with van der Waals surface area (Å²) in [5.74, 6) is -2.25. The Morgan fingerprint density at radius 3 is 2.76 bits per heavy atom. The molecule has 1 amide bonds. The number of halogens is 1. The third-order valence-corrected chi connectivity index (χ3v) is 2.86. The van der Waals surface area contributed by atoms with Crippen molar-refractivity contribution in [3.63, 3.8) is 0 Å². The monoisotopic (exact) mass is 288 g/mol. The van der Waals surface area contributed by atoms with Crippen LogP contribution in [0.2, 0.25) is 0 Å².